The van der Waals surface area contributed by atoms with Crippen molar-refractivity contribution in [3.63, 3.8) is 0 Å². The lowest BCUT2D eigenvalue weighted by Crippen LogP contribution is -2.29. The Bertz CT molecular complexity index is 1480. The zero-order chi connectivity index (χ0) is 22.5. The molecule has 166 valence electrons. The number of fused-ring (bicyclic) bond motifs is 4. The second-order valence-electron chi connectivity index (χ2n) is 8.96. The number of nitrogens with one attached hydrogen (secondary N) is 2. The molecule has 1 atom stereocenters. The van der Waals surface area contributed by atoms with E-state index in [1.54, 1.807) is 10.7 Å². The Kier molecular flexibility index (Phi) is 4.60. The largest absolute Gasteiger partial charge is 0.358 e. The van der Waals surface area contributed by atoms with Gasteiger partial charge in [-0.25, -0.2) is 9.37 Å². The summed E-state index contributed by atoms with van der Waals surface area (Å²) in [5.74, 6) is 0.872. The third-order valence-electron chi connectivity index (χ3n) is 6.41. The molecule has 0 fully saturated rings. The van der Waals surface area contributed by atoms with Gasteiger partial charge in [0.1, 0.15) is 5.82 Å². The summed E-state index contributed by atoms with van der Waals surface area (Å²) in [5, 5.41) is 9.47. The van der Waals surface area contributed by atoms with Crippen LogP contribution in [0.3, 0.4) is 0 Å². The van der Waals surface area contributed by atoms with E-state index in [0.29, 0.717) is 17.3 Å². The predicted molar refractivity (Wildman–Crippen MR) is 126 cm³/mol. The van der Waals surface area contributed by atoms with Gasteiger partial charge in [0.05, 0.1) is 12.4 Å². The number of nitrogens with zero attached hydrogens (tertiary/aromatic N) is 5. The molecule has 0 aliphatic heterocycles. The number of para-hydroxylation sites is 1. The van der Waals surface area contributed by atoms with E-state index in [1.807, 2.05) is 6.20 Å². The number of halogens is 1. The Labute approximate surface area is 190 Å². The minimum Gasteiger partial charge on any atom is -0.358 e. The molecule has 4 aromatic heterocycles. The van der Waals surface area contributed by atoms with Gasteiger partial charge in [0.15, 0.2) is 11.5 Å². The summed E-state index contributed by atoms with van der Waals surface area (Å²) < 4.78 is 15.6. The van der Waals surface area contributed by atoms with Gasteiger partial charge in [0.2, 0.25) is 5.95 Å². The SMILES string of the molecule is CC(C)c1cnn2c(N[C@H]3CCc4[nH]c5ccccc5c4C3)nc(-c3cncc(F)c3)nc12. The van der Waals surface area contributed by atoms with Crippen molar-refractivity contribution in [3.05, 3.63) is 71.6 Å². The number of pyridine rings is 1. The number of H-pyrrole nitrogens is 1. The van der Waals surface area contributed by atoms with Crippen LogP contribution < -0.4 is 5.32 Å². The van der Waals surface area contributed by atoms with Gasteiger partial charge in [-0.2, -0.15) is 14.6 Å². The maximum atomic E-state index is 13.9. The molecule has 33 heavy (non-hydrogen) atoms. The van der Waals surface area contributed by atoms with Crippen LogP contribution in [-0.2, 0) is 12.8 Å². The van der Waals surface area contributed by atoms with E-state index in [4.69, 9.17) is 9.97 Å². The first-order valence-electron chi connectivity index (χ1n) is 11.3. The molecule has 2 N–H and O–H groups in total. The summed E-state index contributed by atoms with van der Waals surface area (Å²) in [6, 6.07) is 10.0. The van der Waals surface area contributed by atoms with Crippen molar-refractivity contribution in [1.82, 2.24) is 29.5 Å². The molecule has 4 heterocycles. The molecule has 6 rings (SSSR count). The number of hydrogen-bond acceptors (Lipinski definition) is 5. The maximum Gasteiger partial charge on any atom is 0.228 e. The van der Waals surface area contributed by atoms with E-state index in [0.717, 1.165) is 30.5 Å². The topological polar surface area (TPSA) is 83.8 Å². The molecule has 0 amide bonds. The number of benzene rings is 1. The van der Waals surface area contributed by atoms with E-state index in [-0.39, 0.29) is 12.0 Å². The van der Waals surface area contributed by atoms with E-state index >= 15 is 0 Å². The van der Waals surface area contributed by atoms with Gasteiger partial charge in [-0.3, -0.25) is 4.98 Å². The molecule has 0 bridgehead atoms. The standard InChI is InChI=1S/C25H24FN7/c1-14(2)20-13-28-33-24(20)31-23(15-9-16(26)12-27-11-15)32-25(33)29-17-7-8-22-19(10-17)18-5-3-4-6-21(18)30-22/h3-6,9,11-14,17,30H,7-8,10H2,1-2H3,(H,29,31,32)/t17-/m0/s1. The first-order valence-corrected chi connectivity index (χ1v) is 11.3. The van der Waals surface area contributed by atoms with Gasteiger partial charge >= 0.3 is 0 Å². The van der Waals surface area contributed by atoms with Gasteiger partial charge < -0.3 is 10.3 Å². The lowest BCUT2D eigenvalue weighted by atomic mass is 9.91. The summed E-state index contributed by atoms with van der Waals surface area (Å²) in [4.78, 5) is 17.0. The van der Waals surface area contributed by atoms with Crippen molar-refractivity contribution in [2.24, 2.45) is 0 Å². The number of anilines is 1. The Morgan fingerprint density at radius 1 is 1.15 bits per heavy atom. The third-order valence-corrected chi connectivity index (χ3v) is 6.41. The molecule has 0 saturated heterocycles. The summed E-state index contributed by atoms with van der Waals surface area (Å²) in [7, 11) is 0. The Balaban J connectivity index is 1.41. The average Bonchev–Trinajstić information content (AvgIpc) is 3.41. The lowest BCUT2D eigenvalue weighted by Gasteiger charge is -2.24. The second-order valence-corrected chi connectivity index (χ2v) is 8.96. The molecule has 0 unspecified atom stereocenters. The average molecular weight is 442 g/mol. The van der Waals surface area contributed by atoms with Crippen molar-refractivity contribution in [1.29, 1.82) is 0 Å². The van der Waals surface area contributed by atoms with Crippen molar-refractivity contribution in [2.75, 3.05) is 5.32 Å². The highest BCUT2D eigenvalue weighted by atomic mass is 19.1. The van der Waals surface area contributed by atoms with Crippen LogP contribution in [0.25, 0.3) is 27.9 Å². The maximum absolute atomic E-state index is 13.9. The fraction of sp³-hybridized carbons (Fsp3) is 0.280. The van der Waals surface area contributed by atoms with Gasteiger partial charge in [-0.15, -0.1) is 0 Å². The summed E-state index contributed by atoms with van der Waals surface area (Å²) in [6.07, 6.45) is 7.43. The summed E-state index contributed by atoms with van der Waals surface area (Å²) in [6.45, 7) is 4.21. The van der Waals surface area contributed by atoms with E-state index in [9.17, 15) is 4.39 Å². The zero-order valence-corrected chi connectivity index (χ0v) is 18.5. The molecule has 1 aromatic carbocycles. The summed E-state index contributed by atoms with van der Waals surface area (Å²) in [5.41, 5.74) is 6.15. The Morgan fingerprint density at radius 2 is 2.03 bits per heavy atom. The highest BCUT2D eigenvalue weighted by Crippen LogP contribution is 2.31. The van der Waals surface area contributed by atoms with Crippen molar-refractivity contribution in [2.45, 2.75) is 45.1 Å². The third kappa shape index (κ3) is 3.42. The van der Waals surface area contributed by atoms with Crippen LogP contribution in [0, 0.1) is 5.82 Å². The molecule has 0 saturated carbocycles. The van der Waals surface area contributed by atoms with Gasteiger partial charge in [0, 0.05) is 40.0 Å². The van der Waals surface area contributed by atoms with Crippen LogP contribution in [0.5, 0.6) is 0 Å². The van der Waals surface area contributed by atoms with Crippen LogP contribution >= 0.6 is 0 Å². The van der Waals surface area contributed by atoms with Gasteiger partial charge in [0.25, 0.3) is 0 Å². The first-order chi connectivity index (χ1) is 16.1. The molecule has 7 nitrogen and oxygen atoms in total. The quantitative estimate of drug-likeness (QED) is 0.414. The normalized spacial score (nSPS) is 15.9. The first kappa shape index (κ1) is 19.8. The van der Waals surface area contributed by atoms with Crippen LogP contribution in [0.2, 0.25) is 0 Å². The smallest absolute Gasteiger partial charge is 0.228 e. The Morgan fingerprint density at radius 3 is 2.88 bits per heavy atom. The number of aryl methyl sites for hydroxylation is 1. The van der Waals surface area contributed by atoms with Crippen LogP contribution in [-0.4, -0.2) is 35.6 Å². The number of hydrogen-bond donors (Lipinski definition) is 2. The number of rotatable bonds is 4. The molecule has 5 aromatic rings. The molecule has 0 spiro atoms. The van der Waals surface area contributed by atoms with Gasteiger partial charge in [-0.1, -0.05) is 32.0 Å². The molecule has 0 radical (unpaired) electrons. The highest BCUT2D eigenvalue weighted by Gasteiger charge is 2.24. The number of aromatic amines is 1. The molecule has 1 aliphatic carbocycles. The van der Waals surface area contributed by atoms with E-state index in [1.165, 1.54) is 34.4 Å². The van der Waals surface area contributed by atoms with Crippen LogP contribution in [0.1, 0.15) is 43.0 Å². The molecule has 1 aliphatic rings. The zero-order valence-electron chi connectivity index (χ0n) is 18.5. The molecular weight excluding hydrogens is 417 g/mol. The highest BCUT2D eigenvalue weighted by molar-refractivity contribution is 5.85. The molecule has 8 heteroatoms. The minimum absolute atomic E-state index is 0.194. The van der Waals surface area contributed by atoms with Gasteiger partial charge in [-0.05, 0) is 42.9 Å². The predicted octanol–water partition coefficient (Wildman–Crippen LogP) is 4.90. The van der Waals surface area contributed by atoms with Crippen molar-refractivity contribution in [3.8, 4) is 11.4 Å². The molecular formula is C25H24FN7. The van der Waals surface area contributed by atoms with E-state index < -0.39 is 5.82 Å². The van der Waals surface area contributed by atoms with Crippen molar-refractivity contribution >= 4 is 22.5 Å². The van der Waals surface area contributed by atoms with Crippen molar-refractivity contribution < 1.29 is 4.39 Å². The van der Waals surface area contributed by atoms with Crippen LogP contribution in [0.15, 0.2) is 48.9 Å². The summed E-state index contributed by atoms with van der Waals surface area (Å²) >= 11 is 0. The Hall–Kier alpha value is -3.81. The minimum atomic E-state index is -0.415. The van der Waals surface area contributed by atoms with Crippen LogP contribution in [0.4, 0.5) is 10.3 Å². The lowest BCUT2D eigenvalue weighted by molar-refractivity contribution is 0.599. The fourth-order valence-corrected chi connectivity index (χ4v) is 4.73. The monoisotopic (exact) mass is 441 g/mol. The second kappa shape index (κ2) is 7.65. The fourth-order valence-electron chi connectivity index (χ4n) is 4.73. The number of aromatic nitrogens is 6. The van der Waals surface area contributed by atoms with E-state index in [2.05, 4.69) is 58.5 Å².